The minimum Gasteiger partial charge on any atom is -0.454 e. The number of pyridine rings is 2. The Morgan fingerprint density at radius 1 is 0.487 bits per heavy atom. The Morgan fingerprint density at radius 2 is 1.05 bits per heavy atom. The van der Waals surface area contributed by atoms with Crippen molar-refractivity contribution in [1.29, 1.82) is 0 Å². The number of aromatic nitrogens is 2. The molecule has 0 saturated heterocycles. The largest absolute Gasteiger partial charge is 0.454 e. The zero-order valence-corrected chi connectivity index (χ0v) is 20.8. The van der Waals surface area contributed by atoms with Crippen LogP contribution in [-0.4, -0.2) is 9.97 Å². The summed E-state index contributed by atoms with van der Waals surface area (Å²) in [6.45, 7) is 0. The maximum absolute atomic E-state index is 6.09. The van der Waals surface area contributed by atoms with Crippen LogP contribution in [0.1, 0.15) is 0 Å². The lowest BCUT2D eigenvalue weighted by molar-refractivity contribution is 0.666. The van der Waals surface area contributed by atoms with Gasteiger partial charge in [-0.2, -0.15) is 0 Å². The monoisotopic (exact) mass is 503 g/mol. The molecular formula is C34H21N3O2. The third-order valence-electron chi connectivity index (χ3n) is 7.26. The fourth-order valence-corrected chi connectivity index (χ4v) is 5.48. The topological polar surface area (TPSA) is 55.3 Å². The van der Waals surface area contributed by atoms with E-state index in [9.17, 15) is 0 Å². The standard InChI is InChI=1S/C34H21N3O2/c1-2-6-22(7-3-1)25-8-4-5-9-30(25)37(23-10-12-31-28(18-23)26-14-16-35-20-33(26)38-31)24-11-13-32-29(19-24)27-15-17-36-21-34(27)39-32/h1-21H. The van der Waals surface area contributed by atoms with Gasteiger partial charge in [0.25, 0.3) is 0 Å². The van der Waals surface area contributed by atoms with Crippen LogP contribution in [0.2, 0.25) is 0 Å². The zero-order chi connectivity index (χ0) is 25.8. The summed E-state index contributed by atoms with van der Waals surface area (Å²) in [5.74, 6) is 0. The minimum absolute atomic E-state index is 0.779. The van der Waals surface area contributed by atoms with Gasteiger partial charge in [0.15, 0.2) is 11.2 Å². The number of hydrogen-bond donors (Lipinski definition) is 0. The molecule has 8 rings (SSSR count). The molecule has 4 heterocycles. The molecule has 8 aromatic rings. The summed E-state index contributed by atoms with van der Waals surface area (Å²) in [6, 6.07) is 35.7. The van der Waals surface area contributed by atoms with Crippen molar-refractivity contribution in [2.75, 3.05) is 4.90 Å². The lowest BCUT2D eigenvalue weighted by Gasteiger charge is -2.28. The summed E-state index contributed by atoms with van der Waals surface area (Å²) >= 11 is 0. The van der Waals surface area contributed by atoms with Crippen molar-refractivity contribution in [3.05, 3.63) is 128 Å². The van der Waals surface area contributed by atoms with Crippen LogP contribution in [0.15, 0.2) is 137 Å². The first kappa shape index (κ1) is 21.6. The van der Waals surface area contributed by atoms with Crippen molar-refractivity contribution in [1.82, 2.24) is 9.97 Å². The molecule has 0 spiro atoms. The highest BCUT2D eigenvalue weighted by Gasteiger charge is 2.20. The Balaban J connectivity index is 1.41. The van der Waals surface area contributed by atoms with Gasteiger partial charge in [0.1, 0.15) is 11.2 Å². The van der Waals surface area contributed by atoms with Crippen LogP contribution in [0.3, 0.4) is 0 Å². The Morgan fingerprint density at radius 3 is 1.67 bits per heavy atom. The van der Waals surface area contributed by atoms with E-state index >= 15 is 0 Å². The highest BCUT2D eigenvalue weighted by Crippen LogP contribution is 2.44. The molecule has 5 heteroatoms. The number of nitrogens with zero attached hydrogens (tertiary/aromatic N) is 3. The van der Waals surface area contributed by atoms with Gasteiger partial charge in [0.05, 0.1) is 18.1 Å². The molecule has 0 unspecified atom stereocenters. The van der Waals surface area contributed by atoms with E-state index in [-0.39, 0.29) is 0 Å². The molecule has 0 aliphatic carbocycles. The first-order valence-electron chi connectivity index (χ1n) is 12.8. The Bertz CT molecular complexity index is 2030. The second-order valence-corrected chi connectivity index (χ2v) is 9.53. The lowest BCUT2D eigenvalue weighted by Crippen LogP contribution is -2.11. The fourth-order valence-electron chi connectivity index (χ4n) is 5.48. The van der Waals surface area contributed by atoms with E-state index in [2.05, 4.69) is 87.7 Å². The van der Waals surface area contributed by atoms with E-state index in [0.717, 1.165) is 72.1 Å². The summed E-state index contributed by atoms with van der Waals surface area (Å²) in [4.78, 5) is 10.8. The average molecular weight is 504 g/mol. The number of benzene rings is 4. The number of para-hydroxylation sites is 1. The zero-order valence-electron chi connectivity index (χ0n) is 20.8. The lowest BCUT2D eigenvalue weighted by atomic mass is 10.0. The van der Waals surface area contributed by atoms with E-state index in [4.69, 9.17) is 8.83 Å². The van der Waals surface area contributed by atoms with Gasteiger partial charge < -0.3 is 13.7 Å². The van der Waals surface area contributed by atoms with Crippen molar-refractivity contribution in [3.8, 4) is 11.1 Å². The van der Waals surface area contributed by atoms with Crippen molar-refractivity contribution in [2.24, 2.45) is 0 Å². The van der Waals surface area contributed by atoms with Gasteiger partial charge in [-0.3, -0.25) is 9.97 Å². The molecule has 184 valence electrons. The third-order valence-corrected chi connectivity index (χ3v) is 7.26. The van der Waals surface area contributed by atoms with Gasteiger partial charge in [-0.25, -0.2) is 0 Å². The summed E-state index contributed by atoms with van der Waals surface area (Å²) in [5.41, 5.74) is 8.65. The number of furan rings is 2. The number of fused-ring (bicyclic) bond motifs is 6. The normalized spacial score (nSPS) is 11.6. The van der Waals surface area contributed by atoms with Crippen LogP contribution in [0.5, 0.6) is 0 Å². The second kappa shape index (κ2) is 8.57. The Kier molecular flexibility index (Phi) is 4.76. The third kappa shape index (κ3) is 3.48. The van der Waals surface area contributed by atoms with Crippen LogP contribution >= 0.6 is 0 Å². The molecule has 4 aromatic carbocycles. The molecule has 0 saturated carbocycles. The first-order valence-corrected chi connectivity index (χ1v) is 12.8. The second-order valence-electron chi connectivity index (χ2n) is 9.53. The Labute approximate surface area is 223 Å². The van der Waals surface area contributed by atoms with Gasteiger partial charge in [0.2, 0.25) is 0 Å². The van der Waals surface area contributed by atoms with Crippen molar-refractivity contribution < 1.29 is 8.83 Å². The van der Waals surface area contributed by atoms with Crippen LogP contribution in [0.25, 0.3) is 55.0 Å². The summed E-state index contributed by atoms with van der Waals surface area (Å²) in [5, 5.41) is 4.19. The molecule has 0 atom stereocenters. The maximum Gasteiger partial charge on any atom is 0.153 e. The molecule has 4 aromatic heterocycles. The molecule has 0 aliphatic rings. The van der Waals surface area contributed by atoms with E-state index < -0.39 is 0 Å². The molecule has 0 amide bonds. The number of hydrogen-bond acceptors (Lipinski definition) is 5. The first-order chi connectivity index (χ1) is 19.3. The molecule has 5 nitrogen and oxygen atoms in total. The highest BCUT2D eigenvalue weighted by molar-refractivity contribution is 6.08. The highest BCUT2D eigenvalue weighted by atomic mass is 16.3. The number of anilines is 3. The van der Waals surface area contributed by atoms with E-state index in [1.807, 2.05) is 30.3 Å². The minimum atomic E-state index is 0.779. The van der Waals surface area contributed by atoms with Gasteiger partial charge in [-0.05, 0) is 60.2 Å². The molecule has 0 aliphatic heterocycles. The van der Waals surface area contributed by atoms with Gasteiger partial charge >= 0.3 is 0 Å². The van der Waals surface area contributed by atoms with Gasteiger partial charge in [0, 0.05) is 50.9 Å². The number of rotatable bonds is 4. The van der Waals surface area contributed by atoms with Gasteiger partial charge in [-0.15, -0.1) is 0 Å². The van der Waals surface area contributed by atoms with E-state index in [1.165, 1.54) is 0 Å². The molecule has 0 N–H and O–H groups in total. The van der Waals surface area contributed by atoms with Crippen LogP contribution < -0.4 is 4.90 Å². The quantitative estimate of drug-likeness (QED) is 0.239. The summed E-state index contributed by atoms with van der Waals surface area (Å²) < 4.78 is 12.2. The van der Waals surface area contributed by atoms with Crippen molar-refractivity contribution in [3.63, 3.8) is 0 Å². The summed E-state index contributed by atoms with van der Waals surface area (Å²) in [7, 11) is 0. The Hall–Kier alpha value is -5.42. The SMILES string of the molecule is c1ccc(-c2ccccc2N(c2ccc3oc4cnccc4c3c2)c2ccc3oc4cnccc4c3c2)cc1. The molecule has 39 heavy (non-hydrogen) atoms. The smallest absolute Gasteiger partial charge is 0.153 e. The predicted molar refractivity (Wildman–Crippen MR) is 157 cm³/mol. The van der Waals surface area contributed by atoms with Crippen LogP contribution in [0, 0.1) is 0 Å². The molecule has 0 fully saturated rings. The van der Waals surface area contributed by atoms with Crippen LogP contribution in [0.4, 0.5) is 17.1 Å². The fraction of sp³-hybridized carbons (Fsp3) is 0. The van der Waals surface area contributed by atoms with E-state index in [0.29, 0.717) is 0 Å². The summed E-state index contributed by atoms with van der Waals surface area (Å²) in [6.07, 6.45) is 7.15. The molecule has 0 radical (unpaired) electrons. The van der Waals surface area contributed by atoms with E-state index in [1.54, 1.807) is 24.8 Å². The predicted octanol–water partition coefficient (Wildman–Crippen LogP) is 9.41. The van der Waals surface area contributed by atoms with Crippen molar-refractivity contribution >= 4 is 60.9 Å². The van der Waals surface area contributed by atoms with Crippen LogP contribution in [-0.2, 0) is 0 Å². The average Bonchev–Trinajstić information content (AvgIpc) is 3.56. The van der Waals surface area contributed by atoms with Crippen molar-refractivity contribution in [2.45, 2.75) is 0 Å². The molecular weight excluding hydrogens is 482 g/mol. The maximum atomic E-state index is 6.09. The van der Waals surface area contributed by atoms with Gasteiger partial charge in [-0.1, -0.05) is 48.5 Å². The molecule has 0 bridgehead atoms.